The Morgan fingerprint density at radius 2 is 2.05 bits per heavy atom. The molecule has 1 aromatic heterocycles. The lowest BCUT2D eigenvalue weighted by Gasteiger charge is -2.13. The van der Waals surface area contributed by atoms with E-state index in [9.17, 15) is 0 Å². The average Bonchev–Trinajstić information content (AvgIpc) is 2.73. The van der Waals surface area contributed by atoms with Gasteiger partial charge in [-0.25, -0.2) is 0 Å². The third kappa shape index (κ3) is 3.52. The highest BCUT2D eigenvalue weighted by Crippen LogP contribution is 2.22. The van der Waals surface area contributed by atoms with E-state index in [-0.39, 0.29) is 6.04 Å². The zero-order chi connectivity index (χ0) is 14.5. The van der Waals surface area contributed by atoms with Gasteiger partial charge in [0.15, 0.2) is 0 Å². The van der Waals surface area contributed by atoms with Gasteiger partial charge in [0.1, 0.15) is 12.4 Å². The smallest absolute Gasteiger partial charge is 0.119 e. The van der Waals surface area contributed by atoms with Crippen LogP contribution in [0, 0.1) is 0 Å². The third-order valence-corrected chi connectivity index (χ3v) is 3.60. The molecule has 2 rings (SSSR count). The molecule has 0 amide bonds. The summed E-state index contributed by atoms with van der Waals surface area (Å²) in [6.45, 7) is 2.49. The molecule has 20 heavy (non-hydrogen) atoms. The Morgan fingerprint density at radius 3 is 2.65 bits per heavy atom. The monoisotopic (exact) mass is 293 g/mol. The zero-order valence-electron chi connectivity index (χ0n) is 11.8. The second kappa shape index (κ2) is 6.77. The standard InChI is InChI=1S/C15H20ClN3O/c1-3-13-15(16)14(19(2)18-13)9-11(17)10-20-12-7-5-4-6-8-12/h4-8,11H,3,9-10,17H2,1-2H3. The molecule has 0 fully saturated rings. The maximum atomic E-state index is 6.31. The van der Waals surface area contributed by atoms with Gasteiger partial charge in [-0.05, 0) is 18.6 Å². The van der Waals surface area contributed by atoms with E-state index in [4.69, 9.17) is 22.1 Å². The first-order valence-corrected chi connectivity index (χ1v) is 7.13. The molecule has 1 atom stereocenters. The fourth-order valence-electron chi connectivity index (χ4n) is 2.07. The van der Waals surface area contributed by atoms with Crippen LogP contribution in [0.5, 0.6) is 5.75 Å². The summed E-state index contributed by atoms with van der Waals surface area (Å²) in [4.78, 5) is 0. The molecule has 108 valence electrons. The van der Waals surface area contributed by atoms with Crippen molar-refractivity contribution < 1.29 is 4.74 Å². The van der Waals surface area contributed by atoms with Gasteiger partial charge < -0.3 is 10.5 Å². The molecule has 1 aromatic carbocycles. The Morgan fingerprint density at radius 1 is 1.35 bits per heavy atom. The molecule has 0 bridgehead atoms. The van der Waals surface area contributed by atoms with E-state index in [0.29, 0.717) is 13.0 Å². The molecule has 1 heterocycles. The van der Waals surface area contributed by atoms with Crippen LogP contribution >= 0.6 is 11.6 Å². The summed E-state index contributed by atoms with van der Waals surface area (Å²) in [6.07, 6.45) is 1.47. The molecule has 0 saturated heterocycles. The fourth-order valence-corrected chi connectivity index (χ4v) is 2.44. The van der Waals surface area contributed by atoms with Crippen LogP contribution in [0.3, 0.4) is 0 Å². The van der Waals surface area contributed by atoms with E-state index in [1.807, 2.05) is 49.0 Å². The molecule has 0 saturated carbocycles. The lowest BCUT2D eigenvalue weighted by atomic mass is 10.1. The number of benzene rings is 1. The molecule has 0 aliphatic carbocycles. The molecule has 1 unspecified atom stereocenters. The number of nitrogens with zero attached hydrogens (tertiary/aromatic N) is 2. The Kier molecular flexibility index (Phi) is 5.04. The predicted molar refractivity (Wildman–Crippen MR) is 81.2 cm³/mol. The predicted octanol–water partition coefficient (Wildman–Crippen LogP) is 2.58. The largest absolute Gasteiger partial charge is 0.492 e. The van der Waals surface area contributed by atoms with Crippen LogP contribution in [0.4, 0.5) is 0 Å². The van der Waals surface area contributed by atoms with Gasteiger partial charge in [0, 0.05) is 19.5 Å². The van der Waals surface area contributed by atoms with Crippen molar-refractivity contribution in [2.45, 2.75) is 25.8 Å². The summed E-state index contributed by atoms with van der Waals surface area (Å²) in [7, 11) is 1.89. The Balaban J connectivity index is 1.95. The van der Waals surface area contributed by atoms with Gasteiger partial charge in [0.25, 0.3) is 0 Å². The van der Waals surface area contributed by atoms with Crippen LogP contribution in [0.1, 0.15) is 18.3 Å². The van der Waals surface area contributed by atoms with E-state index in [1.54, 1.807) is 0 Å². The van der Waals surface area contributed by atoms with Gasteiger partial charge in [-0.3, -0.25) is 4.68 Å². The second-order valence-corrected chi connectivity index (χ2v) is 5.15. The average molecular weight is 294 g/mol. The van der Waals surface area contributed by atoms with Crippen LogP contribution in [0.2, 0.25) is 5.02 Å². The Labute approximate surface area is 124 Å². The van der Waals surface area contributed by atoms with Gasteiger partial charge in [0.05, 0.1) is 16.4 Å². The molecular formula is C15H20ClN3O. The molecule has 0 aliphatic heterocycles. The first kappa shape index (κ1) is 14.9. The van der Waals surface area contributed by atoms with E-state index in [1.165, 1.54) is 0 Å². The van der Waals surface area contributed by atoms with Gasteiger partial charge in [-0.2, -0.15) is 5.10 Å². The van der Waals surface area contributed by atoms with Crippen molar-refractivity contribution in [1.82, 2.24) is 9.78 Å². The van der Waals surface area contributed by atoms with Crippen LogP contribution in [-0.4, -0.2) is 22.4 Å². The lowest BCUT2D eigenvalue weighted by molar-refractivity contribution is 0.286. The SMILES string of the molecule is CCc1nn(C)c(CC(N)COc2ccccc2)c1Cl. The minimum Gasteiger partial charge on any atom is -0.492 e. The van der Waals surface area contributed by atoms with Gasteiger partial charge >= 0.3 is 0 Å². The van der Waals surface area contributed by atoms with Crippen LogP contribution < -0.4 is 10.5 Å². The van der Waals surface area contributed by atoms with Crippen LogP contribution in [0.25, 0.3) is 0 Å². The molecular weight excluding hydrogens is 274 g/mol. The number of rotatable bonds is 6. The Hall–Kier alpha value is -1.52. The summed E-state index contributed by atoms with van der Waals surface area (Å²) < 4.78 is 7.46. The topological polar surface area (TPSA) is 53.1 Å². The number of halogens is 1. The summed E-state index contributed by atoms with van der Waals surface area (Å²) in [6, 6.07) is 9.54. The summed E-state index contributed by atoms with van der Waals surface area (Å²) in [5, 5.41) is 5.12. The van der Waals surface area contributed by atoms with Crippen molar-refractivity contribution in [3.05, 3.63) is 46.7 Å². The third-order valence-electron chi connectivity index (χ3n) is 3.17. The molecule has 5 heteroatoms. The molecule has 0 aliphatic rings. The van der Waals surface area contributed by atoms with Gasteiger partial charge in [-0.15, -0.1) is 0 Å². The van der Waals surface area contributed by atoms with Crippen molar-refractivity contribution in [3.8, 4) is 5.75 Å². The Bertz CT molecular complexity index is 554. The molecule has 2 aromatic rings. The highest BCUT2D eigenvalue weighted by atomic mass is 35.5. The molecule has 2 N–H and O–H groups in total. The van der Waals surface area contributed by atoms with E-state index in [2.05, 4.69) is 5.10 Å². The number of ether oxygens (including phenoxy) is 1. The summed E-state index contributed by atoms with van der Waals surface area (Å²) in [5.74, 6) is 0.827. The van der Waals surface area contributed by atoms with E-state index >= 15 is 0 Å². The van der Waals surface area contributed by atoms with Crippen LogP contribution in [-0.2, 0) is 19.9 Å². The summed E-state index contributed by atoms with van der Waals surface area (Å²) in [5.41, 5.74) is 8.00. The van der Waals surface area contributed by atoms with Gasteiger partial charge in [0.2, 0.25) is 0 Å². The molecule has 0 spiro atoms. The quantitative estimate of drug-likeness (QED) is 0.890. The second-order valence-electron chi connectivity index (χ2n) is 4.77. The van der Waals surface area contributed by atoms with Crippen molar-refractivity contribution >= 4 is 11.6 Å². The molecule has 4 nitrogen and oxygen atoms in total. The maximum absolute atomic E-state index is 6.31. The van der Waals surface area contributed by atoms with E-state index < -0.39 is 0 Å². The van der Waals surface area contributed by atoms with Crippen molar-refractivity contribution in [1.29, 1.82) is 0 Å². The number of aryl methyl sites for hydroxylation is 2. The van der Waals surface area contributed by atoms with E-state index in [0.717, 1.165) is 28.6 Å². The highest BCUT2D eigenvalue weighted by molar-refractivity contribution is 6.31. The number of nitrogens with two attached hydrogens (primary N) is 1. The fraction of sp³-hybridized carbons (Fsp3) is 0.400. The number of hydrogen-bond donors (Lipinski definition) is 1. The normalized spacial score (nSPS) is 12.4. The first-order chi connectivity index (χ1) is 9.61. The van der Waals surface area contributed by atoms with Crippen molar-refractivity contribution in [2.24, 2.45) is 12.8 Å². The highest BCUT2D eigenvalue weighted by Gasteiger charge is 2.16. The lowest BCUT2D eigenvalue weighted by Crippen LogP contribution is -2.31. The van der Waals surface area contributed by atoms with Gasteiger partial charge in [-0.1, -0.05) is 36.7 Å². The minimum absolute atomic E-state index is 0.118. The summed E-state index contributed by atoms with van der Waals surface area (Å²) >= 11 is 6.31. The number of aromatic nitrogens is 2. The van der Waals surface area contributed by atoms with Crippen molar-refractivity contribution in [3.63, 3.8) is 0 Å². The number of hydrogen-bond acceptors (Lipinski definition) is 3. The van der Waals surface area contributed by atoms with Crippen LogP contribution in [0.15, 0.2) is 30.3 Å². The van der Waals surface area contributed by atoms with Crippen molar-refractivity contribution in [2.75, 3.05) is 6.61 Å². The molecule has 0 radical (unpaired) electrons. The number of para-hydroxylation sites is 1. The first-order valence-electron chi connectivity index (χ1n) is 6.75. The maximum Gasteiger partial charge on any atom is 0.119 e. The zero-order valence-corrected chi connectivity index (χ0v) is 12.6. The minimum atomic E-state index is -0.118.